The summed E-state index contributed by atoms with van der Waals surface area (Å²) in [6.45, 7) is 11.0. The van der Waals surface area contributed by atoms with Crippen molar-refractivity contribution in [3.8, 4) is 0 Å². The van der Waals surface area contributed by atoms with Gasteiger partial charge in [-0.1, -0.05) is 0 Å². The average molecular weight is 309 g/mol. The van der Waals surface area contributed by atoms with Gasteiger partial charge >= 0.3 is 0 Å². The van der Waals surface area contributed by atoms with Crippen LogP contribution in [0.5, 0.6) is 0 Å². The van der Waals surface area contributed by atoms with Gasteiger partial charge in [0, 0.05) is 19.8 Å². The fourth-order valence-electron chi connectivity index (χ4n) is 1.77. The minimum atomic E-state index is -0.928. The molecule has 0 aliphatic carbocycles. The molecule has 2 atom stereocenters. The Morgan fingerprint density at radius 2 is 2.15 bits per heavy atom. The zero-order valence-electron chi connectivity index (χ0n) is 13.0. The molecule has 0 saturated carbocycles. The minimum Gasteiger partial charge on any atom is -0.334 e. The zero-order valence-corrected chi connectivity index (χ0v) is 12.9. The third-order valence-corrected chi connectivity index (χ3v) is 3.93. The Hall–Kier alpha value is -0.350. The molecule has 8 heteroatoms. The number of rotatable bonds is 15. The number of nitrogens with one attached hydrogen (secondary N) is 2. The van der Waals surface area contributed by atoms with E-state index in [1.165, 1.54) is 0 Å². The van der Waals surface area contributed by atoms with E-state index in [-0.39, 0.29) is 0 Å². The van der Waals surface area contributed by atoms with Gasteiger partial charge in [-0.2, -0.15) is 5.54 Å². The third-order valence-electron chi connectivity index (χ3n) is 2.84. The highest BCUT2D eigenvalue weighted by Gasteiger charge is 2.10. The molecule has 2 unspecified atom stereocenters. The number of nitrogens with zero attached hydrogens (tertiary/aromatic N) is 1. The first-order valence-electron chi connectivity index (χ1n) is 7.30. The smallest absolute Gasteiger partial charge is 0.238 e. The van der Waals surface area contributed by atoms with Gasteiger partial charge in [-0.15, -0.1) is 4.48 Å². The van der Waals surface area contributed by atoms with Crippen LogP contribution in [-0.4, -0.2) is 39.5 Å². The van der Waals surface area contributed by atoms with E-state index in [4.69, 9.17) is 17.0 Å². The van der Waals surface area contributed by atoms with E-state index in [0.717, 1.165) is 25.7 Å². The van der Waals surface area contributed by atoms with Crippen LogP contribution in [0.4, 0.5) is 4.48 Å². The van der Waals surface area contributed by atoms with E-state index >= 15 is 0 Å². The monoisotopic (exact) mass is 309 g/mol. The summed E-state index contributed by atoms with van der Waals surface area (Å²) in [5.41, 5.74) is 4.40. The lowest BCUT2D eigenvalue weighted by Crippen LogP contribution is -2.25. The second kappa shape index (κ2) is 15.0. The van der Waals surface area contributed by atoms with Gasteiger partial charge in [-0.25, -0.2) is 6.57 Å². The van der Waals surface area contributed by atoms with Gasteiger partial charge in [-0.05, 0) is 31.6 Å². The van der Waals surface area contributed by atoms with Crippen molar-refractivity contribution in [2.75, 3.05) is 39.5 Å². The van der Waals surface area contributed by atoms with Gasteiger partial charge in [0.2, 0.25) is 6.54 Å². The summed E-state index contributed by atoms with van der Waals surface area (Å²) >= 11 is 0. The van der Waals surface area contributed by atoms with Crippen LogP contribution in [0.1, 0.15) is 25.7 Å². The van der Waals surface area contributed by atoms with Crippen molar-refractivity contribution in [1.29, 1.82) is 0 Å². The SMILES string of the molecule is [2H]NNCCC(CCCNF)CCOP(C)OCC[N+]#[C-]. The molecule has 20 heavy (non-hydrogen) atoms. The summed E-state index contributed by atoms with van der Waals surface area (Å²) in [5, 5.41) is 0. The molecule has 0 rings (SSSR count). The molecule has 0 aliphatic rings. The normalized spacial score (nSPS) is 14.6. The number of halogens is 1. The molecule has 0 aromatic carbocycles. The molecule has 0 saturated heterocycles. The number of nitrogens with two attached hydrogens (primary N) is 1. The van der Waals surface area contributed by atoms with Crippen molar-refractivity contribution in [3.05, 3.63) is 11.4 Å². The minimum absolute atomic E-state index is 0.362. The van der Waals surface area contributed by atoms with Gasteiger partial charge < -0.3 is 13.9 Å². The molecular formula is C12H26FN4O2P. The number of hydrazine groups is 1. The summed E-state index contributed by atoms with van der Waals surface area (Å²) in [6, 6.07) is 0. The molecule has 0 radical (unpaired) electrons. The Labute approximate surface area is 123 Å². The number of hydrogen-bond donors (Lipinski definition) is 3. The Balaban J connectivity index is 3.78. The lowest BCUT2D eigenvalue weighted by atomic mass is 9.96. The topological polar surface area (TPSA) is 72.9 Å². The van der Waals surface area contributed by atoms with Crippen molar-refractivity contribution in [2.45, 2.75) is 25.7 Å². The Kier molecular flexibility index (Phi) is 13.3. The van der Waals surface area contributed by atoms with Crippen LogP contribution >= 0.6 is 8.38 Å². The second-order valence-electron chi connectivity index (χ2n) is 4.38. The highest BCUT2D eigenvalue weighted by molar-refractivity contribution is 7.46. The molecule has 0 aromatic rings. The van der Waals surface area contributed by atoms with E-state index in [9.17, 15) is 4.48 Å². The van der Waals surface area contributed by atoms with Gasteiger partial charge in [0.1, 0.15) is 8.02 Å². The fraction of sp³-hybridized carbons (Fsp3) is 0.917. The molecule has 118 valence electrons. The van der Waals surface area contributed by atoms with E-state index in [1.807, 2.05) is 6.66 Å². The highest BCUT2D eigenvalue weighted by atomic mass is 31.2. The summed E-state index contributed by atoms with van der Waals surface area (Å²) in [7, 11) is -0.928. The van der Waals surface area contributed by atoms with Crippen LogP contribution in [0.25, 0.3) is 4.85 Å². The van der Waals surface area contributed by atoms with Crippen LogP contribution in [-0.2, 0) is 9.05 Å². The standard InChI is InChI=1S/C12H26FN4O2P/c1-15-9-11-19-20(2)18-10-6-12(5-8-17-14)4-3-7-16-13/h12,16-17H,3-11,14H2,2H3/i/hD. The molecule has 0 aromatic heterocycles. The summed E-state index contributed by atoms with van der Waals surface area (Å²) < 4.78 is 29.7. The van der Waals surface area contributed by atoms with Crippen molar-refractivity contribution < 1.29 is 14.9 Å². The average Bonchev–Trinajstić information content (AvgIpc) is 2.47. The molecule has 0 bridgehead atoms. The summed E-state index contributed by atoms with van der Waals surface area (Å²) in [6.07, 6.45) is 3.48. The van der Waals surface area contributed by atoms with Crippen molar-refractivity contribution in [1.82, 2.24) is 11.0 Å². The first-order chi connectivity index (χ1) is 10.2. The van der Waals surface area contributed by atoms with Crippen LogP contribution in [0.3, 0.4) is 0 Å². The number of hydrogen-bond acceptors (Lipinski definition) is 5. The highest BCUT2D eigenvalue weighted by Crippen LogP contribution is 2.33. The van der Waals surface area contributed by atoms with E-state index in [1.54, 1.807) is 5.54 Å². The predicted octanol–water partition coefficient (Wildman–Crippen LogP) is 1.99. The first kappa shape index (κ1) is 17.7. The van der Waals surface area contributed by atoms with E-state index < -0.39 is 8.38 Å². The lowest BCUT2D eigenvalue weighted by Gasteiger charge is -2.18. The maximum Gasteiger partial charge on any atom is 0.238 e. The lowest BCUT2D eigenvalue weighted by molar-refractivity contribution is 0.232. The van der Waals surface area contributed by atoms with Gasteiger partial charge in [0.15, 0.2) is 8.38 Å². The van der Waals surface area contributed by atoms with Gasteiger partial charge in [-0.3, -0.25) is 11.3 Å². The zero-order chi connectivity index (χ0) is 15.8. The largest absolute Gasteiger partial charge is 0.334 e. The van der Waals surface area contributed by atoms with Gasteiger partial charge in [0.25, 0.3) is 0 Å². The van der Waals surface area contributed by atoms with Crippen LogP contribution < -0.4 is 16.8 Å². The third kappa shape index (κ3) is 12.7. The van der Waals surface area contributed by atoms with Crippen LogP contribution in [0.15, 0.2) is 0 Å². The predicted molar refractivity (Wildman–Crippen MR) is 79.5 cm³/mol. The Morgan fingerprint density at radius 3 is 2.85 bits per heavy atom. The summed E-state index contributed by atoms with van der Waals surface area (Å²) in [4.78, 5) is 3.21. The van der Waals surface area contributed by atoms with E-state index in [0.29, 0.717) is 38.8 Å². The van der Waals surface area contributed by atoms with E-state index in [2.05, 4.69) is 16.1 Å². The molecule has 6 nitrogen and oxygen atoms in total. The molecule has 0 heterocycles. The molecule has 0 aliphatic heterocycles. The maximum absolute atomic E-state index is 11.9. The quantitative estimate of drug-likeness (QED) is 0.108. The Bertz CT molecular complexity index is 264. The van der Waals surface area contributed by atoms with Crippen LogP contribution in [0, 0.1) is 12.5 Å². The molecular weight excluding hydrogens is 282 g/mol. The molecule has 0 fully saturated rings. The Morgan fingerprint density at radius 1 is 1.35 bits per heavy atom. The first-order valence-corrected chi connectivity index (χ1v) is 8.43. The van der Waals surface area contributed by atoms with Crippen molar-refractivity contribution >= 4 is 8.38 Å². The molecule has 0 spiro atoms. The summed E-state index contributed by atoms with van der Waals surface area (Å²) in [5.74, 6) is 2.57. The second-order valence-corrected chi connectivity index (χ2v) is 5.78. The van der Waals surface area contributed by atoms with Crippen molar-refractivity contribution in [2.24, 2.45) is 11.8 Å². The van der Waals surface area contributed by atoms with Crippen LogP contribution in [0.2, 0.25) is 1.41 Å². The van der Waals surface area contributed by atoms with Crippen molar-refractivity contribution in [3.63, 3.8) is 0 Å². The molecule has 4 N–H and O–H groups in total. The van der Waals surface area contributed by atoms with Gasteiger partial charge in [0.05, 0.1) is 6.61 Å². The maximum atomic E-state index is 11.9. The fourth-order valence-corrected chi connectivity index (χ4v) is 2.54. The molecule has 0 amide bonds.